The first kappa shape index (κ1) is 16.6. The van der Waals surface area contributed by atoms with Gasteiger partial charge < -0.3 is 0 Å². The zero-order chi connectivity index (χ0) is 18.3. The average molecular weight is 355 g/mol. The van der Waals surface area contributed by atoms with Crippen LogP contribution >= 0.6 is 0 Å². The summed E-state index contributed by atoms with van der Waals surface area (Å²) < 4.78 is 14.2. The first-order valence-electron chi connectivity index (χ1n) is 8.78. The van der Waals surface area contributed by atoms with Gasteiger partial charge in [0, 0.05) is 24.8 Å². The van der Waals surface area contributed by atoms with E-state index in [2.05, 4.69) is 10.2 Å². The van der Waals surface area contributed by atoms with E-state index < -0.39 is 5.82 Å². The minimum absolute atomic E-state index is 0.00621. The number of hydrogen-bond acceptors (Lipinski definition) is 4. The number of imide groups is 1. The van der Waals surface area contributed by atoms with Crippen molar-refractivity contribution in [2.75, 3.05) is 4.90 Å². The number of rotatable bonds is 3. The highest BCUT2D eigenvalue weighted by Gasteiger charge is 2.32. The summed E-state index contributed by atoms with van der Waals surface area (Å²) in [6, 6.07) is 4.41. The summed E-state index contributed by atoms with van der Waals surface area (Å²) in [5, 5.41) is 6.73. The van der Waals surface area contributed by atoms with Crippen molar-refractivity contribution in [3.8, 4) is 0 Å². The molecule has 1 aliphatic carbocycles. The molecule has 2 aliphatic rings. The monoisotopic (exact) mass is 355 g/mol. The Labute approximate surface area is 149 Å². The summed E-state index contributed by atoms with van der Waals surface area (Å²) in [5.74, 6) is -1.37. The molecule has 2 heterocycles. The van der Waals surface area contributed by atoms with Crippen LogP contribution in [0.15, 0.2) is 23.0 Å². The van der Waals surface area contributed by atoms with Crippen LogP contribution in [0.25, 0.3) is 0 Å². The number of aromatic amines is 1. The molecule has 26 heavy (non-hydrogen) atoms. The number of carbonyl (C=O) groups is 2. The molecule has 1 N–H and O–H groups in total. The van der Waals surface area contributed by atoms with E-state index in [1.54, 1.807) is 6.07 Å². The predicted octanol–water partition coefficient (Wildman–Crippen LogP) is 2.03. The van der Waals surface area contributed by atoms with Crippen molar-refractivity contribution >= 4 is 17.5 Å². The van der Waals surface area contributed by atoms with Crippen LogP contribution in [-0.4, -0.2) is 22.0 Å². The maximum absolute atomic E-state index is 14.2. The molecule has 7 heteroatoms. The summed E-state index contributed by atoms with van der Waals surface area (Å²) in [6.07, 6.45) is 4.16. The van der Waals surface area contributed by atoms with Crippen LogP contribution in [-0.2, 0) is 28.9 Å². The van der Waals surface area contributed by atoms with Gasteiger partial charge in [0.2, 0.25) is 11.8 Å². The lowest BCUT2D eigenvalue weighted by molar-refractivity contribution is -0.121. The van der Waals surface area contributed by atoms with Crippen molar-refractivity contribution in [3.63, 3.8) is 0 Å². The summed E-state index contributed by atoms with van der Waals surface area (Å²) in [4.78, 5) is 36.7. The van der Waals surface area contributed by atoms with Gasteiger partial charge in [-0.25, -0.2) is 14.4 Å². The van der Waals surface area contributed by atoms with E-state index in [9.17, 15) is 18.8 Å². The molecule has 0 saturated carbocycles. The molecule has 134 valence electrons. The largest absolute Gasteiger partial charge is 0.274 e. The van der Waals surface area contributed by atoms with Gasteiger partial charge in [-0.05, 0) is 48.9 Å². The number of halogens is 1. The van der Waals surface area contributed by atoms with Crippen molar-refractivity contribution in [3.05, 3.63) is 56.8 Å². The summed E-state index contributed by atoms with van der Waals surface area (Å²) >= 11 is 0. The van der Waals surface area contributed by atoms with Crippen molar-refractivity contribution in [1.82, 2.24) is 10.2 Å². The molecule has 2 aromatic rings. The molecule has 0 bridgehead atoms. The van der Waals surface area contributed by atoms with Crippen LogP contribution < -0.4 is 10.5 Å². The third kappa shape index (κ3) is 2.83. The Morgan fingerprint density at radius 2 is 1.69 bits per heavy atom. The first-order chi connectivity index (χ1) is 12.5. The van der Waals surface area contributed by atoms with E-state index >= 15 is 0 Å². The molecule has 2 amide bonds. The topological polar surface area (TPSA) is 83.1 Å². The summed E-state index contributed by atoms with van der Waals surface area (Å²) in [6.45, 7) is 0. The van der Waals surface area contributed by atoms with Gasteiger partial charge in [-0.1, -0.05) is 6.07 Å². The third-order valence-electron chi connectivity index (χ3n) is 5.06. The van der Waals surface area contributed by atoms with E-state index in [0.29, 0.717) is 6.42 Å². The molecule has 1 aromatic heterocycles. The third-order valence-corrected chi connectivity index (χ3v) is 5.06. The van der Waals surface area contributed by atoms with Gasteiger partial charge in [0.15, 0.2) is 0 Å². The van der Waals surface area contributed by atoms with E-state index in [0.717, 1.165) is 53.0 Å². The number of aromatic nitrogens is 2. The van der Waals surface area contributed by atoms with Gasteiger partial charge in [-0.2, -0.15) is 5.10 Å². The number of benzene rings is 1. The lowest BCUT2D eigenvalue weighted by atomic mass is 9.90. The molecule has 1 aromatic carbocycles. The van der Waals surface area contributed by atoms with Crippen LogP contribution in [0.1, 0.15) is 48.1 Å². The molecule has 0 atom stereocenters. The molecule has 6 nitrogen and oxygen atoms in total. The zero-order valence-electron chi connectivity index (χ0n) is 14.2. The highest BCUT2D eigenvalue weighted by molar-refractivity contribution is 6.19. The molecule has 0 spiro atoms. The van der Waals surface area contributed by atoms with Crippen molar-refractivity contribution in [2.45, 2.75) is 44.9 Å². The first-order valence-corrected chi connectivity index (χ1v) is 8.78. The van der Waals surface area contributed by atoms with Gasteiger partial charge >= 0.3 is 0 Å². The number of anilines is 1. The predicted molar refractivity (Wildman–Crippen MR) is 92.4 cm³/mol. The number of fused-ring (bicyclic) bond motifs is 1. The Hall–Kier alpha value is -2.83. The maximum atomic E-state index is 14.2. The standard InChI is InChI=1S/C19H18FN3O3/c20-14-6-5-11(10-16(14)23-17(24)7-8-18(23)25)9-15-12-3-1-2-4-13(12)19(26)22-21-15/h5-6,10H,1-4,7-9H2,(H,22,26). The Kier molecular flexibility index (Phi) is 4.14. The summed E-state index contributed by atoms with van der Waals surface area (Å²) in [7, 11) is 0. The number of H-pyrrole nitrogens is 1. The van der Waals surface area contributed by atoms with Gasteiger partial charge in [-0.15, -0.1) is 0 Å². The smallest absolute Gasteiger partial charge is 0.267 e. The molecule has 1 saturated heterocycles. The number of nitrogens with zero attached hydrogens (tertiary/aromatic N) is 2. The van der Waals surface area contributed by atoms with E-state index in [-0.39, 0.29) is 35.9 Å². The van der Waals surface area contributed by atoms with E-state index in [4.69, 9.17) is 0 Å². The minimum Gasteiger partial charge on any atom is -0.274 e. The lowest BCUT2D eigenvalue weighted by Gasteiger charge is -2.18. The van der Waals surface area contributed by atoms with Crippen LogP contribution in [0, 0.1) is 5.82 Å². The average Bonchev–Trinajstić information content (AvgIpc) is 2.98. The second kappa shape index (κ2) is 6.48. The Bertz CT molecular complexity index is 951. The van der Waals surface area contributed by atoms with Crippen LogP contribution in [0.5, 0.6) is 0 Å². The van der Waals surface area contributed by atoms with Crippen LogP contribution in [0.4, 0.5) is 10.1 Å². The fraction of sp³-hybridized carbons (Fsp3) is 0.368. The van der Waals surface area contributed by atoms with Crippen LogP contribution in [0.2, 0.25) is 0 Å². The lowest BCUT2D eigenvalue weighted by Crippen LogP contribution is -2.29. The Morgan fingerprint density at radius 3 is 2.42 bits per heavy atom. The normalized spacial score (nSPS) is 16.9. The quantitative estimate of drug-likeness (QED) is 0.854. The second-order valence-electron chi connectivity index (χ2n) is 6.75. The molecule has 0 unspecified atom stereocenters. The molecule has 1 fully saturated rings. The molecule has 0 radical (unpaired) electrons. The second-order valence-corrected chi connectivity index (χ2v) is 6.75. The highest BCUT2D eigenvalue weighted by Crippen LogP contribution is 2.28. The van der Waals surface area contributed by atoms with E-state index in [1.807, 2.05) is 0 Å². The van der Waals surface area contributed by atoms with Crippen molar-refractivity contribution in [1.29, 1.82) is 0 Å². The number of amides is 2. The fourth-order valence-corrected chi connectivity index (χ4v) is 3.75. The highest BCUT2D eigenvalue weighted by atomic mass is 19.1. The van der Waals surface area contributed by atoms with Crippen molar-refractivity contribution < 1.29 is 14.0 Å². The van der Waals surface area contributed by atoms with Crippen LogP contribution in [0.3, 0.4) is 0 Å². The Morgan fingerprint density at radius 1 is 1.00 bits per heavy atom. The minimum atomic E-state index is -0.603. The SMILES string of the molecule is O=C1CCC(=O)N1c1cc(Cc2n[nH]c(=O)c3c2CCCC3)ccc1F. The van der Waals surface area contributed by atoms with Gasteiger partial charge in [-0.3, -0.25) is 14.4 Å². The number of carbonyl (C=O) groups excluding carboxylic acids is 2. The van der Waals surface area contributed by atoms with E-state index in [1.165, 1.54) is 12.1 Å². The Balaban J connectivity index is 1.70. The number of hydrogen-bond donors (Lipinski definition) is 1. The molecule has 1 aliphatic heterocycles. The fourth-order valence-electron chi connectivity index (χ4n) is 3.75. The molecular formula is C19H18FN3O3. The summed E-state index contributed by atoms with van der Waals surface area (Å²) in [5.41, 5.74) is 3.11. The van der Waals surface area contributed by atoms with Crippen molar-refractivity contribution in [2.24, 2.45) is 0 Å². The van der Waals surface area contributed by atoms with Gasteiger partial charge in [0.1, 0.15) is 5.82 Å². The molecular weight excluding hydrogens is 337 g/mol. The maximum Gasteiger partial charge on any atom is 0.267 e. The number of nitrogens with one attached hydrogen (secondary N) is 1. The zero-order valence-corrected chi connectivity index (χ0v) is 14.2. The van der Waals surface area contributed by atoms with Gasteiger partial charge in [0.25, 0.3) is 5.56 Å². The molecule has 4 rings (SSSR count). The van der Waals surface area contributed by atoms with Gasteiger partial charge in [0.05, 0.1) is 11.4 Å².